The zero-order valence-corrected chi connectivity index (χ0v) is 16.8. The molecule has 146 valence electrons. The van der Waals surface area contributed by atoms with Crippen molar-refractivity contribution in [2.24, 2.45) is 10.9 Å². The Labute approximate surface area is 159 Å². The number of para-hydroxylation sites is 1. The Balaban J connectivity index is 1.73. The summed E-state index contributed by atoms with van der Waals surface area (Å²) in [5, 5.41) is 3.43. The Hall–Kier alpha value is -1.75. The molecule has 5 nitrogen and oxygen atoms in total. The van der Waals surface area contributed by atoms with E-state index in [2.05, 4.69) is 66.5 Å². The molecule has 0 spiro atoms. The number of anilines is 1. The highest BCUT2D eigenvalue weighted by Crippen LogP contribution is 2.18. The standard InChI is InChI=1S/C21H36N4O/c1-4-22-21(25(3)16-11-19-12-17-26-18-13-19)23-14-8-15-24(2)20-9-6-5-7-10-20/h5-7,9-10,19H,4,8,11-18H2,1-3H3,(H,22,23). The van der Waals surface area contributed by atoms with Crippen LogP contribution in [0, 0.1) is 5.92 Å². The zero-order chi connectivity index (χ0) is 18.6. The van der Waals surface area contributed by atoms with E-state index in [9.17, 15) is 0 Å². The molecule has 5 heteroatoms. The maximum atomic E-state index is 5.46. The van der Waals surface area contributed by atoms with Gasteiger partial charge in [0.2, 0.25) is 0 Å². The SMILES string of the molecule is CCNC(=NCCCN(C)c1ccccc1)N(C)CCC1CCOCC1. The minimum atomic E-state index is 0.800. The van der Waals surface area contributed by atoms with Crippen LogP contribution in [0.25, 0.3) is 0 Å². The summed E-state index contributed by atoms with van der Waals surface area (Å²) >= 11 is 0. The molecule has 1 aliphatic heterocycles. The summed E-state index contributed by atoms with van der Waals surface area (Å²) in [5.74, 6) is 1.83. The molecular formula is C21H36N4O. The third-order valence-corrected chi connectivity index (χ3v) is 5.02. The molecule has 0 radical (unpaired) electrons. The first-order chi connectivity index (χ1) is 12.7. The molecular weight excluding hydrogens is 324 g/mol. The molecule has 0 unspecified atom stereocenters. The smallest absolute Gasteiger partial charge is 0.193 e. The first-order valence-corrected chi connectivity index (χ1v) is 10.0. The molecule has 26 heavy (non-hydrogen) atoms. The van der Waals surface area contributed by atoms with E-state index in [0.717, 1.165) is 57.7 Å². The third-order valence-electron chi connectivity index (χ3n) is 5.02. The summed E-state index contributed by atoms with van der Waals surface area (Å²) in [6.45, 7) is 7.81. The fourth-order valence-corrected chi connectivity index (χ4v) is 3.29. The van der Waals surface area contributed by atoms with Crippen LogP contribution in [0.5, 0.6) is 0 Å². The Morgan fingerprint density at radius 1 is 1.15 bits per heavy atom. The van der Waals surface area contributed by atoms with E-state index >= 15 is 0 Å². The van der Waals surface area contributed by atoms with Crippen LogP contribution in [-0.2, 0) is 4.74 Å². The summed E-state index contributed by atoms with van der Waals surface area (Å²) in [7, 11) is 4.29. The van der Waals surface area contributed by atoms with Crippen molar-refractivity contribution in [3.05, 3.63) is 30.3 Å². The summed E-state index contributed by atoms with van der Waals surface area (Å²) in [4.78, 5) is 9.39. The van der Waals surface area contributed by atoms with Crippen LogP contribution in [0.4, 0.5) is 5.69 Å². The van der Waals surface area contributed by atoms with E-state index in [0.29, 0.717) is 0 Å². The van der Waals surface area contributed by atoms with Gasteiger partial charge in [0.15, 0.2) is 5.96 Å². The number of hydrogen-bond acceptors (Lipinski definition) is 3. The van der Waals surface area contributed by atoms with Gasteiger partial charge in [0, 0.05) is 59.2 Å². The van der Waals surface area contributed by atoms with Crippen LogP contribution < -0.4 is 10.2 Å². The molecule has 0 bridgehead atoms. The predicted molar refractivity (Wildman–Crippen MR) is 111 cm³/mol. The minimum absolute atomic E-state index is 0.800. The molecule has 1 fully saturated rings. The minimum Gasteiger partial charge on any atom is -0.381 e. The van der Waals surface area contributed by atoms with Crippen molar-refractivity contribution < 1.29 is 4.74 Å². The Morgan fingerprint density at radius 3 is 2.58 bits per heavy atom. The molecule has 0 atom stereocenters. The van der Waals surface area contributed by atoms with Crippen molar-refractivity contribution in [2.75, 3.05) is 58.4 Å². The van der Waals surface area contributed by atoms with Crippen LogP contribution in [0.3, 0.4) is 0 Å². The van der Waals surface area contributed by atoms with E-state index < -0.39 is 0 Å². The van der Waals surface area contributed by atoms with Crippen LogP contribution in [-0.4, -0.2) is 64.3 Å². The number of nitrogens with zero attached hydrogens (tertiary/aromatic N) is 3. The largest absolute Gasteiger partial charge is 0.381 e. The van der Waals surface area contributed by atoms with Gasteiger partial charge in [-0.05, 0) is 50.7 Å². The zero-order valence-electron chi connectivity index (χ0n) is 16.8. The number of hydrogen-bond donors (Lipinski definition) is 1. The van der Waals surface area contributed by atoms with Gasteiger partial charge in [-0.15, -0.1) is 0 Å². The van der Waals surface area contributed by atoms with E-state index in [-0.39, 0.29) is 0 Å². The van der Waals surface area contributed by atoms with Gasteiger partial charge in [-0.1, -0.05) is 18.2 Å². The summed E-state index contributed by atoms with van der Waals surface area (Å²) in [5.41, 5.74) is 1.26. The average molecular weight is 361 g/mol. The fourth-order valence-electron chi connectivity index (χ4n) is 3.29. The molecule has 0 amide bonds. The summed E-state index contributed by atoms with van der Waals surface area (Å²) in [6, 6.07) is 10.5. The Bertz CT molecular complexity index is 514. The van der Waals surface area contributed by atoms with Gasteiger partial charge < -0.3 is 19.9 Å². The molecule has 0 aliphatic carbocycles. The predicted octanol–water partition coefficient (Wildman–Crippen LogP) is 3.23. The summed E-state index contributed by atoms with van der Waals surface area (Å²) < 4.78 is 5.46. The second kappa shape index (κ2) is 11.8. The van der Waals surface area contributed by atoms with E-state index in [1.54, 1.807) is 0 Å². The lowest BCUT2D eigenvalue weighted by atomic mass is 9.96. The average Bonchev–Trinajstić information content (AvgIpc) is 2.69. The van der Waals surface area contributed by atoms with Gasteiger partial charge in [-0.2, -0.15) is 0 Å². The number of nitrogens with one attached hydrogen (secondary N) is 1. The molecule has 1 heterocycles. The van der Waals surface area contributed by atoms with E-state index in [1.807, 2.05) is 0 Å². The second-order valence-corrected chi connectivity index (χ2v) is 7.11. The number of guanidine groups is 1. The van der Waals surface area contributed by atoms with Crippen molar-refractivity contribution in [3.63, 3.8) is 0 Å². The lowest BCUT2D eigenvalue weighted by Gasteiger charge is -2.27. The first-order valence-electron chi connectivity index (χ1n) is 10.0. The molecule has 0 aromatic heterocycles. The van der Waals surface area contributed by atoms with Crippen molar-refractivity contribution in [3.8, 4) is 0 Å². The highest BCUT2D eigenvalue weighted by Gasteiger charge is 2.15. The number of aliphatic imine (C=N–C) groups is 1. The maximum absolute atomic E-state index is 5.46. The lowest BCUT2D eigenvalue weighted by molar-refractivity contribution is 0.0625. The van der Waals surface area contributed by atoms with E-state index in [4.69, 9.17) is 9.73 Å². The van der Waals surface area contributed by atoms with Gasteiger partial charge >= 0.3 is 0 Å². The maximum Gasteiger partial charge on any atom is 0.193 e. The highest BCUT2D eigenvalue weighted by molar-refractivity contribution is 5.79. The van der Waals surface area contributed by atoms with Gasteiger partial charge in [-0.3, -0.25) is 4.99 Å². The van der Waals surface area contributed by atoms with Crippen LogP contribution in [0.1, 0.15) is 32.6 Å². The highest BCUT2D eigenvalue weighted by atomic mass is 16.5. The number of rotatable bonds is 9. The van der Waals surface area contributed by atoms with Gasteiger partial charge in [0.25, 0.3) is 0 Å². The Morgan fingerprint density at radius 2 is 1.88 bits per heavy atom. The molecule has 1 N–H and O–H groups in total. The second-order valence-electron chi connectivity index (χ2n) is 7.11. The molecule has 1 aromatic rings. The van der Waals surface area contributed by atoms with Crippen LogP contribution >= 0.6 is 0 Å². The van der Waals surface area contributed by atoms with Gasteiger partial charge in [0.05, 0.1) is 0 Å². The number of ether oxygens (including phenoxy) is 1. The Kier molecular flexibility index (Phi) is 9.32. The van der Waals surface area contributed by atoms with Crippen molar-refractivity contribution in [2.45, 2.75) is 32.6 Å². The van der Waals surface area contributed by atoms with Crippen molar-refractivity contribution >= 4 is 11.6 Å². The van der Waals surface area contributed by atoms with Gasteiger partial charge in [-0.25, -0.2) is 0 Å². The topological polar surface area (TPSA) is 40.1 Å². The molecule has 1 aliphatic rings. The molecule has 0 saturated carbocycles. The normalized spacial score (nSPS) is 15.7. The van der Waals surface area contributed by atoms with Crippen molar-refractivity contribution in [1.82, 2.24) is 10.2 Å². The van der Waals surface area contributed by atoms with Crippen LogP contribution in [0.2, 0.25) is 0 Å². The fraction of sp³-hybridized carbons (Fsp3) is 0.667. The molecule has 2 rings (SSSR count). The monoisotopic (exact) mass is 360 g/mol. The molecule has 1 saturated heterocycles. The van der Waals surface area contributed by atoms with Crippen LogP contribution in [0.15, 0.2) is 35.3 Å². The lowest BCUT2D eigenvalue weighted by Crippen LogP contribution is -2.40. The summed E-state index contributed by atoms with van der Waals surface area (Å²) in [6.07, 6.45) is 4.68. The van der Waals surface area contributed by atoms with E-state index in [1.165, 1.54) is 24.9 Å². The first kappa shape index (κ1) is 20.6. The van der Waals surface area contributed by atoms with Crippen molar-refractivity contribution in [1.29, 1.82) is 0 Å². The quantitative estimate of drug-likeness (QED) is 0.417. The molecule has 1 aromatic carbocycles. The number of benzene rings is 1. The van der Waals surface area contributed by atoms with Gasteiger partial charge in [0.1, 0.15) is 0 Å². The third kappa shape index (κ3) is 7.24.